The van der Waals surface area contributed by atoms with Crippen molar-refractivity contribution in [1.29, 1.82) is 0 Å². The molecule has 0 saturated carbocycles. The number of halogens is 2. The molecule has 0 bridgehead atoms. The van der Waals surface area contributed by atoms with Gasteiger partial charge >= 0.3 is 6.61 Å². The standard InChI is InChI=1S/C20H27F2N5O5S/c1-4-31-17-11-15(5-6-16(17)32-20(21)22)24-19(28)13-26-7-9-27(10-8-26)33(29,30)18-12-23-25(3)14(18)2/h5-6,11-12,20H,4,7-10,13H2,1-3H3,(H,24,28). The maximum absolute atomic E-state index is 12.9. The van der Waals surface area contributed by atoms with E-state index in [4.69, 9.17) is 4.74 Å². The van der Waals surface area contributed by atoms with Crippen molar-refractivity contribution in [1.82, 2.24) is 19.0 Å². The second-order valence-electron chi connectivity index (χ2n) is 7.42. The average Bonchev–Trinajstić information content (AvgIpc) is 3.09. The molecule has 1 aliphatic heterocycles. The normalized spacial score (nSPS) is 15.6. The van der Waals surface area contributed by atoms with Gasteiger partial charge in [0.2, 0.25) is 15.9 Å². The number of anilines is 1. The number of rotatable bonds is 9. The molecule has 1 aromatic heterocycles. The minimum Gasteiger partial charge on any atom is -0.490 e. The first-order valence-corrected chi connectivity index (χ1v) is 11.8. The number of hydrogen-bond acceptors (Lipinski definition) is 7. The van der Waals surface area contributed by atoms with Crippen LogP contribution in [0.25, 0.3) is 0 Å². The summed E-state index contributed by atoms with van der Waals surface area (Å²) in [4.78, 5) is 14.5. The lowest BCUT2D eigenvalue weighted by molar-refractivity contribution is -0.117. The number of aryl methyl sites for hydroxylation is 1. The molecule has 0 unspecified atom stereocenters. The number of alkyl halides is 2. The lowest BCUT2D eigenvalue weighted by Gasteiger charge is -2.33. The van der Waals surface area contributed by atoms with Crippen LogP contribution in [0.15, 0.2) is 29.3 Å². The van der Waals surface area contributed by atoms with Gasteiger partial charge in [0.25, 0.3) is 0 Å². The highest BCUT2D eigenvalue weighted by Gasteiger charge is 2.31. The van der Waals surface area contributed by atoms with E-state index >= 15 is 0 Å². The first-order valence-electron chi connectivity index (χ1n) is 10.3. The van der Waals surface area contributed by atoms with Crippen LogP contribution in [-0.2, 0) is 21.9 Å². The van der Waals surface area contributed by atoms with Gasteiger partial charge in [0.1, 0.15) is 4.90 Å². The van der Waals surface area contributed by atoms with Gasteiger partial charge in [-0.25, -0.2) is 8.42 Å². The summed E-state index contributed by atoms with van der Waals surface area (Å²) in [7, 11) is -1.97. The van der Waals surface area contributed by atoms with Crippen molar-refractivity contribution < 1.29 is 31.5 Å². The Morgan fingerprint density at radius 2 is 1.91 bits per heavy atom. The molecule has 0 radical (unpaired) electrons. The molecule has 3 rings (SSSR count). The van der Waals surface area contributed by atoms with Gasteiger partial charge in [-0.3, -0.25) is 14.4 Å². The highest BCUT2D eigenvalue weighted by Crippen LogP contribution is 2.31. The Labute approximate surface area is 191 Å². The highest BCUT2D eigenvalue weighted by molar-refractivity contribution is 7.89. The molecule has 0 aliphatic carbocycles. The second kappa shape index (κ2) is 10.4. The Balaban J connectivity index is 1.56. The van der Waals surface area contributed by atoms with E-state index in [2.05, 4.69) is 15.2 Å². The number of carbonyl (C=O) groups excluding carboxylic acids is 1. The van der Waals surface area contributed by atoms with Crippen molar-refractivity contribution in [2.24, 2.45) is 7.05 Å². The largest absolute Gasteiger partial charge is 0.490 e. The fourth-order valence-electron chi connectivity index (χ4n) is 3.45. The molecule has 10 nitrogen and oxygen atoms in total. The van der Waals surface area contributed by atoms with E-state index in [1.165, 1.54) is 33.4 Å². The Bertz CT molecular complexity index is 1080. The molecule has 2 heterocycles. The Hall–Kier alpha value is -2.77. The zero-order chi connectivity index (χ0) is 24.2. The van der Waals surface area contributed by atoms with Crippen molar-refractivity contribution in [3.8, 4) is 11.5 Å². The lowest BCUT2D eigenvalue weighted by Crippen LogP contribution is -2.50. The summed E-state index contributed by atoms with van der Waals surface area (Å²) in [5.41, 5.74) is 0.937. The van der Waals surface area contributed by atoms with Crippen molar-refractivity contribution in [2.75, 3.05) is 44.6 Å². The van der Waals surface area contributed by atoms with Crippen LogP contribution in [0.3, 0.4) is 0 Å². The number of nitrogens with one attached hydrogen (secondary N) is 1. The van der Waals surface area contributed by atoms with Gasteiger partial charge in [0.15, 0.2) is 11.5 Å². The van der Waals surface area contributed by atoms with Gasteiger partial charge in [-0.05, 0) is 26.0 Å². The SMILES string of the molecule is CCOc1cc(NC(=O)CN2CCN(S(=O)(=O)c3cnn(C)c3C)CC2)ccc1OC(F)F. The van der Waals surface area contributed by atoms with Gasteiger partial charge in [0.05, 0.1) is 25.0 Å². The number of nitrogens with zero attached hydrogens (tertiary/aromatic N) is 4. The molecule has 0 atom stereocenters. The molecular weight excluding hydrogens is 460 g/mol. The molecule has 33 heavy (non-hydrogen) atoms. The van der Waals surface area contributed by atoms with Crippen LogP contribution in [0.1, 0.15) is 12.6 Å². The fraction of sp³-hybridized carbons (Fsp3) is 0.500. The molecule has 1 saturated heterocycles. The summed E-state index contributed by atoms with van der Waals surface area (Å²) in [6.07, 6.45) is 1.35. The predicted octanol–water partition coefficient (Wildman–Crippen LogP) is 1.67. The Morgan fingerprint density at radius 3 is 2.48 bits per heavy atom. The van der Waals surface area contributed by atoms with E-state index in [0.29, 0.717) is 24.5 Å². The third-order valence-electron chi connectivity index (χ3n) is 5.25. The van der Waals surface area contributed by atoms with Crippen molar-refractivity contribution >= 4 is 21.6 Å². The topological polar surface area (TPSA) is 106 Å². The van der Waals surface area contributed by atoms with Gasteiger partial charge < -0.3 is 14.8 Å². The van der Waals surface area contributed by atoms with Crippen molar-refractivity contribution in [3.63, 3.8) is 0 Å². The van der Waals surface area contributed by atoms with Crippen LogP contribution in [0.2, 0.25) is 0 Å². The van der Waals surface area contributed by atoms with Crippen LogP contribution in [-0.4, -0.2) is 79.3 Å². The summed E-state index contributed by atoms with van der Waals surface area (Å²) >= 11 is 0. The van der Waals surface area contributed by atoms with Crippen LogP contribution in [0.4, 0.5) is 14.5 Å². The molecule has 1 amide bonds. The number of hydrogen-bond donors (Lipinski definition) is 1. The summed E-state index contributed by atoms with van der Waals surface area (Å²) in [6.45, 7) is 1.97. The van der Waals surface area contributed by atoms with Gasteiger partial charge in [-0.1, -0.05) is 0 Å². The molecule has 182 valence electrons. The van der Waals surface area contributed by atoms with E-state index in [9.17, 15) is 22.0 Å². The molecule has 2 aromatic rings. The number of carbonyl (C=O) groups is 1. The maximum atomic E-state index is 12.9. The number of aromatic nitrogens is 2. The van der Waals surface area contributed by atoms with Crippen LogP contribution in [0.5, 0.6) is 11.5 Å². The number of piperazine rings is 1. The number of ether oxygens (including phenoxy) is 2. The smallest absolute Gasteiger partial charge is 0.387 e. The van der Waals surface area contributed by atoms with E-state index in [1.54, 1.807) is 20.9 Å². The van der Waals surface area contributed by atoms with Gasteiger partial charge in [0, 0.05) is 45.0 Å². The monoisotopic (exact) mass is 487 g/mol. The van der Waals surface area contributed by atoms with Gasteiger partial charge in [-0.2, -0.15) is 18.2 Å². The summed E-state index contributed by atoms with van der Waals surface area (Å²) in [5.74, 6) is -0.342. The zero-order valence-electron chi connectivity index (χ0n) is 18.6. The van der Waals surface area contributed by atoms with Crippen molar-refractivity contribution in [3.05, 3.63) is 30.1 Å². The molecule has 1 fully saturated rings. The number of sulfonamides is 1. The van der Waals surface area contributed by atoms with Gasteiger partial charge in [-0.15, -0.1) is 0 Å². The second-order valence-corrected chi connectivity index (χ2v) is 9.33. The molecule has 1 N–H and O–H groups in total. The van der Waals surface area contributed by atoms with Crippen LogP contribution >= 0.6 is 0 Å². The number of benzene rings is 1. The summed E-state index contributed by atoms with van der Waals surface area (Å²) < 4.78 is 63.4. The highest BCUT2D eigenvalue weighted by atomic mass is 32.2. The zero-order valence-corrected chi connectivity index (χ0v) is 19.4. The average molecular weight is 488 g/mol. The first-order chi connectivity index (χ1) is 15.6. The molecule has 13 heteroatoms. The summed E-state index contributed by atoms with van der Waals surface area (Å²) in [6, 6.07) is 4.16. The van der Waals surface area contributed by atoms with Crippen molar-refractivity contribution in [2.45, 2.75) is 25.4 Å². The molecular formula is C20H27F2N5O5S. The van der Waals surface area contributed by atoms with E-state index in [-0.39, 0.29) is 48.5 Å². The summed E-state index contributed by atoms with van der Waals surface area (Å²) in [5, 5.41) is 6.70. The fourth-order valence-corrected chi connectivity index (χ4v) is 5.06. The molecule has 0 spiro atoms. The van der Waals surface area contributed by atoms with E-state index in [1.807, 2.05) is 4.90 Å². The molecule has 1 aromatic carbocycles. The third kappa shape index (κ3) is 5.97. The number of amides is 1. The quantitative estimate of drug-likeness (QED) is 0.574. The third-order valence-corrected chi connectivity index (χ3v) is 7.25. The van der Waals surface area contributed by atoms with Crippen LogP contribution < -0.4 is 14.8 Å². The van der Waals surface area contributed by atoms with Crippen LogP contribution in [0, 0.1) is 6.92 Å². The predicted molar refractivity (Wildman–Crippen MR) is 116 cm³/mol. The minimum absolute atomic E-state index is 0.0546. The van der Waals surface area contributed by atoms with E-state index in [0.717, 1.165) is 0 Å². The molecule has 1 aliphatic rings. The maximum Gasteiger partial charge on any atom is 0.387 e. The van der Waals surface area contributed by atoms with E-state index < -0.39 is 16.6 Å². The minimum atomic E-state index is -3.65. The Morgan fingerprint density at radius 1 is 1.21 bits per heavy atom. The Kier molecular flexibility index (Phi) is 7.87. The lowest BCUT2D eigenvalue weighted by atomic mass is 10.2. The first kappa shape index (κ1) is 24.9.